The lowest BCUT2D eigenvalue weighted by Gasteiger charge is -2.05. The summed E-state index contributed by atoms with van der Waals surface area (Å²) in [6.45, 7) is -0.285. The summed E-state index contributed by atoms with van der Waals surface area (Å²) >= 11 is 0. The summed E-state index contributed by atoms with van der Waals surface area (Å²) in [5, 5.41) is 20.6. The molecule has 1 heterocycles. The first-order chi connectivity index (χ1) is 9.04. The Morgan fingerprint density at radius 2 is 2.11 bits per heavy atom. The molecule has 0 unspecified atom stereocenters. The van der Waals surface area contributed by atoms with Crippen LogP contribution in [0.5, 0.6) is 0 Å². The molecule has 0 radical (unpaired) electrons. The van der Waals surface area contributed by atoms with Crippen LogP contribution in [0.3, 0.4) is 0 Å². The van der Waals surface area contributed by atoms with E-state index in [1.165, 1.54) is 0 Å². The molecule has 1 saturated carbocycles. The van der Waals surface area contributed by atoms with Crippen molar-refractivity contribution in [3.8, 4) is 0 Å². The second-order valence-corrected chi connectivity index (χ2v) is 4.23. The van der Waals surface area contributed by atoms with Gasteiger partial charge in [0, 0.05) is 6.04 Å². The normalized spacial score (nSPS) is 13.9. The van der Waals surface area contributed by atoms with E-state index in [1.54, 1.807) is 0 Å². The van der Waals surface area contributed by atoms with Crippen LogP contribution in [0.4, 0.5) is 0 Å². The number of carboxylic acid groups (broad SMARTS) is 1. The Kier molecular flexibility index (Phi) is 3.74. The maximum atomic E-state index is 11.5. The summed E-state index contributed by atoms with van der Waals surface area (Å²) in [6.07, 6.45) is 3.11. The van der Waals surface area contributed by atoms with Gasteiger partial charge in [0.1, 0.15) is 6.54 Å². The molecule has 1 aliphatic rings. The summed E-state index contributed by atoms with van der Waals surface area (Å²) in [6, 6.07) is 0.248. The van der Waals surface area contributed by atoms with Crippen LogP contribution in [0.15, 0.2) is 6.20 Å². The van der Waals surface area contributed by atoms with Crippen molar-refractivity contribution >= 4 is 17.8 Å². The summed E-state index contributed by atoms with van der Waals surface area (Å²) in [5.74, 6) is -1.89. The monoisotopic (exact) mass is 267 g/mol. The van der Waals surface area contributed by atoms with Crippen molar-refractivity contribution in [1.29, 1.82) is 0 Å². The standard InChI is InChI=1S/C10H13N5O4/c16-8(12-6-1-2-6)3-11-9(17)5-15-4-7(10(18)19)13-14-15/h4,6H,1-3,5H2,(H,11,17)(H,12,16)(H,18,19). The molecule has 0 spiro atoms. The van der Waals surface area contributed by atoms with Gasteiger partial charge in [0.15, 0.2) is 5.69 Å². The fourth-order valence-electron chi connectivity index (χ4n) is 1.36. The second kappa shape index (κ2) is 5.46. The maximum Gasteiger partial charge on any atom is 0.358 e. The fourth-order valence-corrected chi connectivity index (χ4v) is 1.36. The molecule has 1 fully saturated rings. The zero-order valence-corrected chi connectivity index (χ0v) is 10.00. The smallest absolute Gasteiger partial charge is 0.358 e. The van der Waals surface area contributed by atoms with E-state index >= 15 is 0 Å². The topological polar surface area (TPSA) is 126 Å². The Morgan fingerprint density at radius 1 is 1.37 bits per heavy atom. The molecule has 2 rings (SSSR count). The third-order valence-corrected chi connectivity index (χ3v) is 2.45. The molecular weight excluding hydrogens is 254 g/mol. The van der Waals surface area contributed by atoms with Gasteiger partial charge in [0.25, 0.3) is 0 Å². The number of carbonyl (C=O) groups excluding carboxylic acids is 2. The van der Waals surface area contributed by atoms with E-state index in [2.05, 4.69) is 20.9 Å². The van der Waals surface area contributed by atoms with Gasteiger partial charge < -0.3 is 15.7 Å². The largest absolute Gasteiger partial charge is 0.476 e. The predicted octanol–water partition coefficient (Wildman–Crippen LogP) is -1.63. The van der Waals surface area contributed by atoms with E-state index in [9.17, 15) is 14.4 Å². The number of hydrogen-bond acceptors (Lipinski definition) is 5. The van der Waals surface area contributed by atoms with Crippen LogP contribution >= 0.6 is 0 Å². The van der Waals surface area contributed by atoms with Crippen LogP contribution in [0, 0.1) is 0 Å². The Labute approximate surface area is 108 Å². The number of aromatic carboxylic acids is 1. The highest BCUT2D eigenvalue weighted by Crippen LogP contribution is 2.18. The molecule has 2 amide bonds. The van der Waals surface area contributed by atoms with Gasteiger partial charge in [-0.1, -0.05) is 5.21 Å². The van der Waals surface area contributed by atoms with Crippen molar-refractivity contribution in [2.45, 2.75) is 25.4 Å². The van der Waals surface area contributed by atoms with Gasteiger partial charge in [-0.05, 0) is 12.8 Å². The van der Waals surface area contributed by atoms with Gasteiger partial charge >= 0.3 is 5.97 Å². The maximum absolute atomic E-state index is 11.5. The summed E-state index contributed by atoms with van der Waals surface area (Å²) in [4.78, 5) is 33.3. The Hall–Kier alpha value is -2.45. The summed E-state index contributed by atoms with van der Waals surface area (Å²) in [5.41, 5.74) is -0.237. The van der Waals surface area contributed by atoms with Crippen molar-refractivity contribution < 1.29 is 19.5 Å². The van der Waals surface area contributed by atoms with Gasteiger partial charge in [-0.2, -0.15) is 0 Å². The molecule has 0 aromatic carbocycles. The third-order valence-electron chi connectivity index (χ3n) is 2.45. The third kappa shape index (κ3) is 4.05. The van der Waals surface area contributed by atoms with E-state index < -0.39 is 11.9 Å². The van der Waals surface area contributed by atoms with Crippen LogP contribution < -0.4 is 10.6 Å². The number of amides is 2. The van der Waals surface area contributed by atoms with Crippen molar-refractivity contribution in [2.24, 2.45) is 0 Å². The van der Waals surface area contributed by atoms with Crippen LogP contribution in [0.1, 0.15) is 23.3 Å². The minimum Gasteiger partial charge on any atom is -0.476 e. The first-order valence-corrected chi connectivity index (χ1v) is 5.74. The number of hydrogen-bond donors (Lipinski definition) is 3. The molecule has 9 heteroatoms. The average molecular weight is 267 g/mol. The zero-order chi connectivity index (χ0) is 13.8. The quantitative estimate of drug-likeness (QED) is 0.568. The lowest BCUT2D eigenvalue weighted by molar-refractivity contribution is -0.126. The van der Waals surface area contributed by atoms with Crippen LogP contribution in [-0.4, -0.2) is 50.5 Å². The Morgan fingerprint density at radius 3 is 2.68 bits per heavy atom. The van der Waals surface area contributed by atoms with Crippen molar-refractivity contribution in [1.82, 2.24) is 25.6 Å². The number of carboxylic acids is 1. The number of aromatic nitrogens is 3. The molecule has 0 saturated heterocycles. The molecule has 19 heavy (non-hydrogen) atoms. The lowest BCUT2D eigenvalue weighted by atomic mass is 10.5. The molecule has 3 N–H and O–H groups in total. The van der Waals surface area contributed by atoms with E-state index in [0.29, 0.717) is 0 Å². The number of nitrogens with one attached hydrogen (secondary N) is 2. The molecule has 9 nitrogen and oxygen atoms in total. The van der Waals surface area contributed by atoms with Crippen LogP contribution in [-0.2, 0) is 16.1 Å². The van der Waals surface area contributed by atoms with Crippen molar-refractivity contribution in [2.75, 3.05) is 6.54 Å². The van der Waals surface area contributed by atoms with Crippen molar-refractivity contribution in [3.63, 3.8) is 0 Å². The van der Waals surface area contributed by atoms with Gasteiger partial charge in [0.05, 0.1) is 12.7 Å². The van der Waals surface area contributed by atoms with Gasteiger partial charge in [0.2, 0.25) is 11.8 Å². The van der Waals surface area contributed by atoms with Gasteiger partial charge in [-0.15, -0.1) is 5.10 Å². The molecule has 1 aromatic heterocycles. The minimum atomic E-state index is -1.21. The average Bonchev–Trinajstić information content (AvgIpc) is 3.02. The number of nitrogens with zero attached hydrogens (tertiary/aromatic N) is 3. The molecule has 1 aliphatic carbocycles. The van der Waals surface area contributed by atoms with Gasteiger partial charge in [-0.25, -0.2) is 9.48 Å². The minimum absolute atomic E-state index is 0.101. The van der Waals surface area contributed by atoms with E-state index in [1.807, 2.05) is 0 Å². The second-order valence-electron chi connectivity index (χ2n) is 4.23. The van der Waals surface area contributed by atoms with E-state index in [-0.39, 0.29) is 30.7 Å². The molecule has 1 aromatic rings. The highest BCUT2D eigenvalue weighted by Gasteiger charge is 2.23. The number of rotatable bonds is 6. The zero-order valence-electron chi connectivity index (χ0n) is 10.00. The lowest BCUT2D eigenvalue weighted by Crippen LogP contribution is -2.39. The molecule has 0 atom stereocenters. The highest BCUT2D eigenvalue weighted by atomic mass is 16.4. The Bertz CT molecular complexity index is 508. The highest BCUT2D eigenvalue weighted by molar-refractivity contribution is 5.86. The summed E-state index contributed by atoms with van der Waals surface area (Å²) in [7, 11) is 0. The number of carbonyl (C=O) groups is 3. The van der Waals surface area contributed by atoms with Gasteiger partial charge in [-0.3, -0.25) is 9.59 Å². The van der Waals surface area contributed by atoms with E-state index in [4.69, 9.17) is 5.11 Å². The molecule has 102 valence electrons. The molecular formula is C10H13N5O4. The molecule has 0 aliphatic heterocycles. The SMILES string of the molecule is O=C(Cn1cc(C(=O)O)nn1)NCC(=O)NC1CC1. The fraction of sp³-hybridized carbons (Fsp3) is 0.500. The summed E-state index contributed by atoms with van der Waals surface area (Å²) < 4.78 is 1.09. The Balaban J connectivity index is 1.73. The van der Waals surface area contributed by atoms with Crippen LogP contribution in [0.25, 0.3) is 0 Å². The predicted molar refractivity (Wildman–Crippen MR) is 61.2 cm³/mol. The van der Waals surface area contributed by atoms with Crippen molar-refractivity contribution in [3.05, 3.63) is 11.9 Å². The molecule has 0 bridgehead atoms. The van der Waals surface area contributed by atoms with E-state index in [0.717, 1.165) is 23.7 Å². The first-order valence-electron chi connectivity index (χ1n) is 5.74. The van der Waals surface area contributed by atoms with Crippen LogP contribution in [0.2, 0.25) is 0 Å². The first kappa shape index (κ1) is 13.0.